The number of hydrogen-bond acceptors (Lipinski definition) is 4. The maximum atomic E-state index is 9.19. The van der Waals surface area contributed by atoms with E-state index in [2.05, 4.69) is 16.0 Å². The first-order valence-electron chi connectivity index (χ1n) is 3.20. The number of hydrogen-bond donors (Lipinski definition) is 5. The van der Waals surface area contributed by atoms with Crippen LogP contribution in [-0.4, -0.2) is 23.2 Å². The van der Waals surface area contributed by atoms with Crippen LogP contribution in [0.25, 0.3) is 0 Å². The van der Waals surface area contributed by atoms with Crippen molar-refractivity contribution in [3.63, 3.8) is 0 Å². The Kier molecular flexibility index (Phi) is 3.63. The summed E-state index contributed by atoms with van der Waals surface area (Å²) in [6.45, 7) is 3.68. The zero-order chi connectivity index (χ0) is 8.91. The maximum absolute atomic E-state index is 9.19. The van der Waals surface area contributed by atoms with E-state index >= 15 is 0 Å². The van der Waals surface area contributed by atoms with Gasteiger partial charge in [0.1, 0.15) is 0 Å². The van der Waals surface area contributed by atoms with Crippen LogP contribution >= 0.6 is 0 Å². The van der Waals surface area contributed by atoms with Crippen molar-refractivity contribution in [2.75, 3.05) is 6.54 Å². The molecule has 0 radical (unpaired) electrons. The van der Waals surface area contributed by atoms with E-state index in [4.69, 9.17) is 11.6 Å². The molecule has 7 N–H and O–H groups in total. The molecule has 0 spiro atoms. The third kappa shape index (κ3) is 6.88. The minimum Gasteiger partial charge on any atom is -0.389 e. The Morgan fingerprint density at radius 2 is 2.18 bits per heavy atom. The summed E-state index contributed by atoms with van der Waals surface area (Å²) >= 11 is 0. The molecular weight excluding hydrogens is 146 g/mol. The van der Waals surface area contributed by atoms with Crippen molar-refractivity contribution in [3.8, 4) is 0 Å². The summed E-state index contributed by atoms with van der Waals surface area (Å²) in [6.07, 6.45) is 0. The second kappa shape index (κ2) is 3.99. The molecule has 0 saturated carbocycles. The molecule has 0 fully saturated rings. The fourth-order valence-electron chi connectivity index (χ4n) is 0.383. The number of guanidine groups is 1. The van der Waals surface area contributed by atoms with Crippen LogP contribution in [0.4, 0.5) is 0 Å². The molecule has 0 aliphatic heterocycles. The lowest BCUT2D eigenvalue weighted by molar-refractivity contribution is 0.0780. The lowest BCUT2D eigenvalue weighted by Gasteiger charge is -2.17. The Balaban J connectivity index is 3.43. The van der Waals surface area contributed by atoms with Gasteiger partial charge >= 0.3 is 0 Å². The summed E-state index contributed by atoms with van der Waals surface area (Å²) < 4.78 is 0. The van der Waals surface area contributed by atoms with Crippen molar-refractivity contribution >= 4 is 5.96 Å². The average Bonchev–Trinajstić information content (AvgIpc) is 1.85. The number of nitrogens with zero attached hydrogens (tertiary/aromatic N) is 1. The maximum Gasteiger partial charge on any atom is 0.225 e. The Bertz CT molecular complexity index is 138. The number of hydrazine groups is 1. The monoisotopic (exact) mass is 161 g/mol. The van der Waals surface area contributed by atoms with Crippen LogP contribution in [0.15, 0.2) is 5.10 Å². The first kappa shape index (κ1) is 9.99. The number of nitrogens with two attached hydrogens (primary N) is 2. The van der Waals surface area contributed by atoms with Crippen LogP contribution in [0.1, 0.15) is 13.8 Å². The van der Waals surface area contributed by atoms with Crippen LogP contribution in [0.3, 0.4) is 0 Å². The number of aliphatic hydroxyl groups is 1. The van der Waals surface area contributed by atoms with E-state index in [0.717, 1.165) is 0 Å². The molecule has 0 aliphatic rings. The van der Waals surface area contributed by atoms with Crippen molar-refractivity contribution in [1.82, 2.24) is 10.9 Å². The molecule has 11 heavy (non-hydrogen) atoms. The van der Waals surface area contributed by atoms with Crippen molar-refractivity contribution in [3.05, 3.63) is 0 Å². The Morgan fingerprint density at radius 1 is 1.64 bits per heavy atom. The van der Waals surface area contributed by atoms with E-state index in [1.807, 2.05) is 0 Å². The predicted octanol–water partition coefficient (Wildman–Crippen LogP) is -1.96. The molecule has 0 rings (SSSR count). The minimum atomic E-state index is -0.790. The molecule has 66 valence electrons. The topological polar surface area (TPSA) is 109 Å². The largest absolute Gasteiger partial charge is 0.389 e. The molecule has 0 bridgehead atoms. The van der Waals surface area contributed by atoms with Gasteiger partial charge in [-0.3, -0.25) is 5.43 Å². The molecule has 0 aromatic heterocycles. The SMILES string of the molecule is CC(C)(O)CNN/C(N)=N/N. The fourth-order valence-corrected chi connectivity index (χ4v) is 0.383. The number of hydrazone groups is 1. The van der Waals surface area contributed by atoms with E-state index in [9.17, 15) is 5.11 Å². The van der Waals surface area contributed by atoms with Gasteiger partial charge in [-0.1, -0.05) is 0 Å². The van der Waals surface area contributed by atoms with Gasteiger partial charge in [-0.2, -0.15) is 0 Å². The summed E-state index contributed by atoms with van der Waals surface area (Å²) in [5.41, 5.74) is 9.50. The van der Waals surface area contributed by atoms with Gasteiger partial charge in [0.15, 0.2) is 0 Å². The molecule has 0 aromatic rings. The second-order valence-corrected chi connectivity index (χ2v) is 2.81. The van der Waals surface area contributed by atoms with Gasteiger partial charge in [0.25, 0.3) is 0 Å². The second-order valence-electron chi connectivity index (χ2n) is 2.81. The van der Waals surface area contributed by atoms with Crippen LogP contribution in [0.5, 0.6) is 0 Å². The molecular formula is C5H15N5O. The Labute approximate surface area is 65.6 Å². The van der Waals surface area contributed by atoms with Gasteiger partial charge in [0.05, 0.1) is 5.60 Å². The van der Waals surface area contributed by atoms with E-state index in [-0.39, 0.29) is 5.96 Å². The Morgan fingerprint density at radius 3 is 2.55 bits per heavy atom. The number of nitrogens with one attached hydrogen (secondary N) is 2. The van der Waals surface area contributed by atoms with Gasteiger partial charge in [-0.25, -0.2) is 5.43 Å². The summed E-state index contributed by atoms with van der Waals surface area (Å²) in [7, 11) is 0. The smallest absolute Gasteiger partial charge is 0.225 e. The highest BCUT2D eigenvalue weighted by atomic mass is 16.3. The Hall–Kier alpha value is -1.01. The molecule has 0 heterocycles. The van der Waals surface area contributed by atoms with Crippen molar-refractivity contribution < 1.29 is 5.11 Å². The molecule has 0 amide bonds. The van der Waals surface area contributed by atoms with Crippen molar-refractivity contribution in [2.24, 2.45) is 16.7 Å². The standard InChI is InChI=1S/C5H15N5O/c1-5(2,11)3-8-10-4(6)9-7/h8,11H,3,7H2,1-2H3,(H3,6,9,10). The third-order valence-electron chi connectivity index (χ3n) is 0.877. The average molecular weight is 161 g/mol. The predicted molar refractivity (Wildman–Crippen MR) is 43.2 cm³/mol. The van der Waals surface area contributed by atoms with E-state index in [1.165, 1.54) is 0 Å². The normalized spacial score (nSPS) is 13.2. The van der Waals surface area contributed by atoms with Crippen LogP contribution < -0.4 is 22.4 Å². The quantitative estimate of drug-likeness (QED) is 0.143. The highest BCUT2D eigenvalue weighted by molar-refractivity contribution is 5.76. The zero-order valence-electron chi connectivity index (χ0n) is 6.76. The summed E-state index contributed by atoms with van der Waals surface area (Å²) in [4.78, 5) is 0. The first-order chi connectivity index (χ1) is 4.95. The molecule has 0 unspecified atom stereocenters. The molecule has 0 atom stereocenters. The summed E-state index contributed by atoms with van der Waals surface area (Å²) in [5.74, 6) is 4.90. The minimum absolute atomic E-state index is 0.0780. The number of rotatable bonds is 3. The van der Waals surface area contributed by atoms with Gasteiger partial charge in [0, 0.05) is 6.54 Å². The van der Waals surface area contributed by atoms with Crippen molar-refractivity contribution in [2.45, 2.75) is 19.4 Å². The van der Waals surface area contributed by atoms with Gasteiger partial charge in [0.2, 0.25) is 5.96 Å². The van der Waals surface area contributed by atoms with Crippen LogP contribution in [0, 0.1) is 0 Å². The summed E-state index contributed by atoms with van der Waals surface area (Å²) in [5, 5.41) is 12.3. The first-order valence-corrected chi connectivity index (χ1v) is 3.20. The highest BCUT2D eigenvalue weighted by Crippen LogP contribution is 1.95. The fraction of sp³-hybridized carbons (Fsp3) is 0.800. The van der Waals surface area contributed by atoms with Gasteiger partial charge in [-0.05, 0) is 13.8 Å². The van der Waals surface area contributed by atoms with E-state index in [1.54, 1.807) is 13.8 Å². The van der Waals surface area contributed by atoms with E-state index in [0.29, 0.717) is 6.54 Å². The zero-order valence-corrected chi connectivity index (χ0v) is 6.76. The lowest BCUT2D eigenvalue weighted by atomic mass is 10.1. The molecule has 6 nitrogen and oxygen atoms in total. The highest BCUT2D eigenvalue weighted by Gasteiger charge is 2.10. The van der Waals surface area contributed by atoms with Crippen molar-refractivity contribution in [1.29, 1.82) is 0 Å². The molecule has 6 heteroatoms. The van der Waals surface area contributed by atoms with Crippen LogP contribution in [-0.2, 0) is 0 Å². The van der Waals surface area contributed by atoms with Crippen LogP contribution in [0.2, 0.25) is 0 Å². The molecule has 0 saturated heterocycles. The van der Waals surface area contributed by atoms with E-state index < -0.39 is 5.60 Å². The summed E-state index contributed by atoms with van der Waals surface area (Å²) in [6, 6.07) is 0. The molecule has 0 aliphatic carbocycles. The molecule has 0 aromatic carbocycles. The lowest BCUT2D eigenvalue weighted by Crippen LogP contribution is -2.48. The van der Waals surface area contributed by atoms with Gasteiger partial charge < -0.3 is 16.7 Å². The van der Waals surface area contributed by atoms with Gasteiger partial charge in [-0.15, -0.1) is 5.10 Å². The third-order valence-corrected chi connectivity index (χ3v) is 0.877.